The van der Waals surface area contributed by atoms with Crippen molar-refractivity contribution in [1.82, 2.24) is 0 Å². The van der Waals surface area contributed by atoms with Crippen LogP contribution in [0, 0.1) is 11.3 Å². The molecule has 0 saturated carbocycles. The number of nitrogens with zero attached hydrogens (tertiary/aromatic N) is 1. The molecule has 1 rings (SSSR count). The van der Waals surface area contributed by atoms with E-state index >= 15 is 0 Å². The van der Waals surface area contributed by atoms with Crippen molar-refractivity contribution < 1.29 is 4.74 Å². The molecule has 0 bridgehead atoms. The SMILES string of the molecule is CCOCCCNc1cc(N)c(C#N)s1. The Hall–Kier alpha value is -1.25. The van der Waals surface area contributed by atoms with E-state index < -0.39 is 0 Å². The van der Waals surface area contributed by atoms with Crippen molar-refractivity contribution in [3.63, 3.8) is 0 Å². The van der Waals surface area contributed by atoms with Gasteiger partial charge in [0.2, 0.25) is 0 Å². The summed E-state index contributed by atoms with van der Waals surface area (Å²) in [5, 5.41) is 12.9. The van der Waals surface area contributed by atoms with Gasteiger partial charge in [-0.15, -0.1) is 11.3 Å². The predicted octanol–water partition coefficient (Wildman–Crippen LogP) is 2.04. The highest BCUT2D eigenvalue weighted by Gasteiger charge is 2.04. The molecule has 0 unspecified atom stereocenters. The number of nitrogens with one attached hydrogen (secondary N) is 1. The molecule has 5 heteroatoms. The van der Waals surface area contributed by atoms with E-state index in [0.717, 1.165) is 31.2 Å². The fourth-order valence-corrected chi connectivity index (χ4v) is 1.91. The van der Waals surface area contributed by atoms with Crippen molar-refractivity contribution in [2.75, 3.05) is 30.8 Å². The van der Waals surface area contributed by atoms with Gasteiger partial charge in [0.05, 0.1) is 10.7 Å². The highest BCUT2D eigenvalue weighted by atomic mass is 32.1. The Balaban J connectivity index is 2.29. The van der Waals surface area contributed by atoms with Crippen molar-refractivity contribution in [2.24, 2.45) is 0 Å². The van der Waals surface area contributed by atoms with E-state index in [1.54, 1.807) is 6.07 Å². The van der Waals surface area contributed by atoms with E-state index in [4.69, 9.17) is 15.7 Å². The van der Waals surface area contributed by atoms with Crippen LogP contribution in [0.5, 0.6) is 0 Å². The Kier molecular flexibility index (Phi) is 4.95. The van der Waals surface area contributed by atoms with E-state index in [1.165, 1.54) is 11.3 Å². The van der Waals surface area contributed by atoms with Crippen LogP contribution >= 0.6 is 11.3 Å². The third-order valence-electron chi connectivity index (χ3n) is 1.83. The summed E-state index contributed by atoms with van der Waals surface area (Å²) in [6.07, 6.45) is 0.952. The molecule has 0 aliphatic rings. The molecule has 0 saturated heterocycles. The largest absolute Gasteiger partial charge is 0.397 e. The van der Waals surface area contributed by atoms with E-state index in [9.17, 15) is 0 Å². The lowest BCUT2D eigenvalue weighted by molar-refractivity contribution is 0.147. The molecule has 0 amide bonds. The van der Waals surface area contributed by atoms with Crippen molar-refractivity contribution in [3.8, 4) is 6.07 Å². The lowest BCUT2D eigenvalue weighted by Gasteiger charge is -2.02. The monoisotopic (exact) mass is 225 g/mol. The van der Waals surface area contributed by atoms with Crippen molar-refractivity contribution in [2.45, 2.75) is 13.3 Å². The minimum Gasteiger partial charge on any atom is -0.397 e. The lowest BCUT2D eigenvalue weighted by Crippen LogP contribution is -2.04. The first-order valence-corrected chi connectivity index (χ1v) is 5.70. The number of nitrogen functional groups attached to an aromatic ring is 1. The van der Waals surface area contributed by atoms with Crippen molar-refractivity contribution in [1.29, 1.82) is 5.26 Å². The third kappa shape index (κ3) is 3.78. The molecule has 82 valence electrons. The van der Waals surface area contributed by atoms with Gasteiger partial charge in [-0.05, 0) is 19.4 Å². The van der Waals surface area contributed by atoms with Crippen LogP contribution in [0.4, 0.5) is 10.7 Å². The number of hydrogen-bond donors (Lipinski definition) is 2. The predicted molar refractivity (Wildman–Crippen MR) is 63.0 cm³/mol. The Morgan fingerprint density at radius 2 is 2.47 bits per heavy atom. The van der Waals surface area contributed by atoms with Gasteiger partial charge in [-0.1, -0.05) is 0 Å². The van der Waals surface area contributed by atoms with Gasteiger partial charge in [-0.3, -0.25) is 0 Å². The van der Waals surface area contributed by atoms with E-state index in [1.807, 2.05) is 6.92 Å². The van der Waals surface area contributed by atoms with Crippen molar-refractivity contribution in [3.05, 3.63) is 10.9 Å². The number of thiophene rings is 1. The minimum atomic E-state index is 0.551. The van der Waals surface area contributed by atoms with Crippen LogP contribution < -0.4 is 11.1 Å². The molecular weight excluding hydrogens is 210 g/mol. The Labute approximate surface area is 93.7 Å². The standard InChI is InChI=1S/C10H15N3OS/c1-2-14-5-3-4-13-10-6-8(12)9(7-11)15-10/h6,13H,2-5,12H2,1H3. The number of hydrogen-bond acceptors (Lipinski definition) is 5. The van der Waals surface area contributed by atoms with Gasteiger partial charge in [0, 0.05) is 19.8 Å². The molecule has 1 aromatic rings. The summed E-state index contributed by atoms with van der Waals surface area (Å²) in [5.41, 5.74) is 6.18. The smallest absolute Gasteiger partial charge is 0.129 e. The van der Waals surface area contributed by atoms with E-state index in [2.05, 4.69) is 11.4 Å². The first-order valence-electron chi connectivity index (χ1n) is 4.89. The number of nitriles is 1. The fraction of sp³-hybridized carbons (Fsp3) is 0.500. The molecule has 1 heterocycles. The topological polar surface area (TPSA) is 71.1 Å². The normalized spacial score (nSPS) is 9.87. The highest BCUT2D eigenvalue weighted by molar-refractivity contribution is 7.17. The first-order chi connectivity index (χ1) is 7.27. The molecule has 15 heavy (non-hydrogen) atoms. The molecule has 1 aromatic heterocycles. The van der Waals surface area contributed by atoms with E-state index in [-0.39, 0.29) is 0 Å². The lowest BCUT2D eigenvalue weighted by atomic mass is 10.4. The molecule has 0 aliphatic heterocycles. The number of anilines is 2. The zero-order valence-corrected chi connectivity index (χ0v) is 9.56. The fourth-order valence-electron chi connectivity index (χ4n) is 1.11. The van der Waals surface area contributed by atoms with Crippen LogP contribution in [0.3, 0.4) is 0 Å². The van der Waals surface area contributed by atoms with Crippen LogP contribution in [0.15, 0.2) is 6.07 Å². The number of nitrogens with two attached hydrogens (primary N) is 1. The molecule has 4 nitrogen and oxygen atoms in total. The highest BCUT2D eigenvalue weighted by Crippen LogP contribution is 2.27. The minimum absolute atomic E-state index is 0.551. The van der Waals surface area contributed by atoms with Crippen molar-refractivity contribution >= 4 is 22.0 Å². The third-order valence-corrected chi connectivity index (χ3v) is 2.84. The first kappa shape index (κ1) is 11.8. The van der Waals surface area contributed by atoms with Crippen LogP contribution in [-0.4, -0.2) is 19.8 Å². The molecular formula is C10H15N3OS. The van der Waals surface area contributed by atoms with E-state index in [0.29, 0.717) is 10.6 Å². The molecule has 3 N–H and O–H groups in total. The zero-order chi connectivity index (χ0) is 11.1. The second-order valence-corrected chi connectivity index (χ2v) is 4.04. The van der Waals surface area contributed by atoms with Gasteiger partial charge in [0.1, 0.15) is 10.9 Å². The maximum absolute atomic E-state index is 8.71. The maximum Gasteiger partial charge on any atom is 0.129 e. The second-order valence-electron chi connectivity index (χ2n) is 2.98. The van der Waals surface area contributed by atoms with Crippen LogP contribution in [0.2, 0.25) is 0 Å². The summed E-state index contributed by atoms with van der Waals surface area (Å²) in [6.45, 7) is 4.33. The molecule has 0 radical (unpaired) electrons. The summed E-state index contributed by atoms with van der Waals surface area (Å²) in [7, 11) is 0. The van der Waals surface area contributed by atoms with Gasteiger partial charge < -0.3 is 15.8 Å². The average Bonchev–Trinajstić information content (AvgIpc) is 2.59. The van der Waals surface area contributed by atoms with Gasteiger partial charge in [0.15, 0.2) is 0 Å². The molecule has 0 atom stereocenters. The molecule has 0 aliphatic carbocycles. The molecule has 0 fully saturated rings. The quantitative estimate of drug-likeness (QED) is 0.727. The van der Waals surface area contributed by atoms with Crippen LogP contribution in [0.25, 0.3) is 0 Å². The zero-order valence-electron chi connectivity index (χ0n) is 8.75. The van der Waals surface area contributed by atoms with Gasteiger partial charge in [-0.2, -0.15) is 5.26 Å². The van der Waals surface area contributed by atoms with Gasteiger partial charge >= 0.3 is 0 Å². The molecule has 0 spiro atoms. The van der Waals surface area contributed by atoms with Gasteiger partial charge in [-0.25, -0.2) is 0 Å². The average molecular weight is 225 g/mol. The maximum atomic E-state index is 8.71. The second kappa shape index (κ2) is 6.27. The van der Waals surface area contributed by atoms with Crippen LogP contribution in [-0.2, 0) is 4.74 Å². The Morgan fingerprint density at radius 1 is 1.67 bits per heavy atom. The van der Waals surface area contributed by atoms with Crippen LogP contribution in [0.1, 0.15) is 18.2 Å². The summed E-state index contributed by atoms with van der Waals surface area (Å²) >= 11 is 1.39. The molecule has 0 aromatic carbocycles. The summed E-state index contributed by atoms with van der Waals surface area (Å²) in [5.74, 6) is 0. The summed E-state index contributed by atoms with van der Waals surface area (Å²) < 4.78 is 5.21. The summed E-state index contributed by atoms with van der Waals surface area (Å²) in [6, 6.07) is 3.85. The Morgan fingerprint density at radius 3 is 3.07 bits per heavy atom. The number of rotatable bonds is 6. The van der Waals surface area contributed by atoms with Gasteiger partial charge in [0.25, 0.3) is 0 Å². The summed E-state index contributed by atoms with van der Waals surface area (Å²) in [4.78, 5) is 0.572. The number of ether oxygens (including phenoxy) is 1. The Bertz CT molecular complexity index is 343.